The van der Waals surface area contributed by atoms with Gasteiger partial charge in [0.05, 0.1) is 42.1 Å². The molecule has 1 saturated heterocycles. The number of nitrogens with one attached hydrogen (secondary N) is 1. The fourth-order valence-corrected chi connectivity index (χ4v) is 6.83. The number of hydrogen-bond acceptors (Lipinski definition) is 13. The lowest BCUT2D eigenvalue weighted by atomic mass is 9.72. The second-order valence-electron chi connectivity index (χ2n) is 12.1. The van der Waals surface area contributed by atoms with Gasteiger partial charge in [-0.05, 0) is 24.6 Å². The summed E-state index contributed by atoms with van der Waals surface area (Å²) in [4.78, 5) is 40.4. The fraction of sp³-hybridized carbons (Fsp3) is 0.382. The second-order valence-corrected chi connectivity index (χ2v) is 12.1. The number of phenolic OH excluding ortho intramolecular Hbond substituents is 3. The molecule has 0 spiro atoms. The average Bonchev–Trinajstić information content (AvgIpc) is 3.05. The van der Waals surface area contributed by atoms with Crippen molar-refractivity contribution >= 4 is 17.3 Å². The first kappa shape index (κ1) is 32.6. The molecule has 2 aliphatic carbocycles. The first-order chi connectivity index (χ1) is 22.4. The maximum absolute atomic E-state index is 13.9. The lowest BCUT2D eigenvalue weighted by Gasteiger charge is -2.43. The summed E-state index contributed by atoms with van der Waals surface area (Å²) in [6, 6.07) is 11.3. The molecule has 6 atom stereocenters. The Morgan fingerprint density at radius 2 is 1.72 bits per heavy atom. The lowest BCUT2D eigenvalue weighted by molar-refractivity contribution is -0.250. The van der Waals surface area contributed by atoms with E-state index in [0.717, 1.165) is 11.6 Å². The maximum Gasteiger partial charge on any atom is 0.202 e. The van der Waals surface area contributed by atoms with Crippen LogP contribution in [0.1, 0.15) is 74.4 Å². The molecule has 13 heteroatoms. The highest BCUT2D eigenvalue weighted by Crippen LogP contribution is 2.53. The van der Waals surface area contributed by atoms with Gasteiger partial charge in [0.25, 0.3) is 0 Å². The minimum absolute atomic E-state index is 0.0928. The molecule has 6 rings (SSSR count). The van der Waals surface area contributed by atoms with Crippen LogP contribution >= 0.6 is 0 Å². The van der Waals surface area contributed by atoms with Gasteiger partial charge < -0.3 is 50.2 Å². The van der Waals surface area contributed by atoms with Crippen LogP contribution in [0.3, 0.4) is 0 Å². The number of ether oxygens (including phenoxy) is 3. The molecule has 1 fully saturated rings. The number of rotatable bonds is 8. The number of methoxy groups -OCH3 is 1. The molecule has 0 bridgehead atoms. The molecule has 0 amide bonds. The largest absolute Gasteiger partial charge is 0.507 e. The Kier molecular flexibility index (Phi) is 8.55. The molecule has 3 aliphatic rings. The van der Waals surface area contributed by atoms with E-state index >= 15 is 0 Å². The van der Waals surface area contributed by atoms with E-state index in [1.807, 2.05) is 30.3 Å². The summed E-state index contributed by atoms with van der Waals surface area (Å²) in [7, 11) is 1.19. The third-order valence-electron chi connectivity index (χ3n) is 9.27. The van der Waals surface area contributed by atoms with Crippen molar-refractivity contribution in [3.8, 4) is 23.0 Å². The third-order valence-corrected chi connectivity index (χ3v) is 9.27. The number of fused-ring (bicyclic) bond motifs is 3. The number of carbonyl (C=O) groups excluding carboxylic acids is 3. The molecule has 3 aromatic rings. The Hall–Kier alpha value is -4.37. The number of ketones is 3. The summed E-state index contributed by atoms with van der Waals surface area (Å²) in [6.07, 6.45) is -5.15. The lowest BCUT2D eigenvalue weighted by Crippen LogP contribution is -2.54. The van der Waals surface area contributed by atoms with Crippen molar-refractivity contribution in [2.45, 2.75) is 69.0 Å². The summed E-state index contributed by atoms with van der Waals surface area (Å²) >= 11 is 0. The second kappa shape index (κ2) is 12.3. The molecule has 3 aromatic carbocycles. The van der Waals surface area contributed by atoms with Crippen LogP contribution in [0.25, 0.3) is 0 Å². The first-order valence-electron chi connectivity index (χ1n) is 15.1. The van der Waals surface area contributed by atoms with Crippen LogP contribution in [0.15, 0.2) is 42.5 Å². The molecule has 1 aliphatic heterocycles. The Morgan fingerprint density at radius 1 is 1.02 bits per heavy atom. The van der Waals surface area contributed by atoms with Crippen molar-refractivity contribution in [2.24, 2.45) is 0 Å². The van der Waals surface area contributed by atoms with E-state index in [0.29, 0.717) is 6.54 Å². The van der Waals surface area contributed by atoms with Crippen LogP contribution in [0, 0.1) is 0 Å². The van der Waals surface area contributed by atoms with Gasteiger partial charge in [-0.2, -0.15) is 0 Å². The van der Waals surface area contributed by atoms with Crippen LogP contribution in [-0.4, -0.2) is 91.8 Å². The number of aliphatic hydroxyl groups is 3. The number of Topliss-reactive ketones (excluding diaryl/α,β-unsaturated/α-hetero) is 1. The smallest absolute Gasteiger partial charge is 0.202 e. The number of phenols is 3. The number of carbonyl (C=O) groups is 3. The molecule has 0 aromatic heterocycles. The van der Waals surface area contributed by atoms with Gasteiger partial charge in [0.2, 0.25) is 5.78 Å². The highest BCUT2D eigenvalue weighted by Gasteiger charge is 2.50. The van der Waals surface area contributed by atoms with Gasteiger partial charge in [-0.15, -0.1) is 0 Å². The molecular weight excluding hydrogens is 614 g/mol. The van der Waals surface area contributed by atoms with Crippen LogP contribution in [-0.2, 0) is 27.2 Å². The molecule has 7 N–H and O–H groups in total. The maximum atomic E-state index is 13.9. The highest BCUT2D eigenvalue weighted by atomic mass is 16.7. The standard InChI is InChI=1S/C34H35NO12/c1-15-28(39)19(35-13-16-6-4-3-5-7-16)10-23(46-15)47-21-12-34(44,22(38)14-36)11-18-24(21)31(42)27-26(30(18)41)29(40)17-8-9-20(37)33(45-2)25(17)32(27)43/h3-9,15,19,21,23,28,35-37,39,41-42,44H,10-14H2,1-2H3/t15-,19-,21-,23-,28+,34-/m0/s1. The number of aromatic hydroxyl groups is 3. The van der Waals surface area contributed by atoms with Gasteiger partial charge in [0.1, 0.15) is 23.7 Å². The average molecular weight is 650 g/mol. The Balaban J connectivity index is 1.41. The van der Waals surface area contributed by atoms with E-state index in [1.165, 1.54) is 13.2 Å². The Labute approximate surface area is 269 Å². The van der Waals surface area contributed by atoms with Gasteiger partial charge in [0, 0.05) is 48.5 Å². The summed E-state index contributed by atoms with van der Waals surface area (Å²) in [5.41, 5.74) is -3.32. The van der Waals surface area contributed by atoms with E-state index in [2.05, 4.69) is 5.32 Å². The van der Waals surface area contributed by atoms with Gasteiger partial charge in [-0.3, -0.25) is 14.4 Å². The SMILES string of the molecule is COc1c(O)ccc2c1C(=O)c1c(O)c3c(c(O)c1C2=O)C[C@@](O)(C(=O)CO)C[C@@H]3O[C@H]1C[C@H](NCc2ccccc2)[C@H](O)[C@H](C)O1. The molecule has 248 valence electrons. The van der Waals surface area contributed by atoms with E-state index in [4.69, 9.17) is 14.2 Å². The number of benzene rings is 3. The predicted octanol–water partition coefficient (Wildman–Crippen LogP) is 1.54. The minimum atomic E-state index is -2.29. The molecule has 0 radical (unpaired) electrons. The highest BCUT2D eigenvalue weighted by molar-refractivity contribution is 6.31. The molecule has 0 saturated carbocycles. The van der Waals surface area contributed by atoms with E-state index < -0.39 is 101 Å². The first-order valence-corrected chi connectivity index (χ1v) is 15.1. The van der Waals surface area contributed by atoms with Crippen LogP contribution in [0.5, 0.6) is 23.0 Å². The van der Waals surface area contributed by atoms with Gasteiger partial charge >= 0.3 is 0 Å². The predicted molar refractivity (Wildman–Crippen MR) is 163 cm³/mol. The zero-order valence-corrected chi connectivity index (χ0v) is 25.6. The van der Waals surface area contributed by atoms with E-state index in [9.17, 15) is 45.0 Å². The summed E-state index contributed by atoms with van der Waals surface area (Å²) in [5.74, 6) is -4.97. The topological polar surface area (TPSA) is 212 Å². The minimum Gasteiger partial charge on any atom is -0.507 e. The van der Waals surface area contributed by atoms with Crippen LogP contribution in [0.4, 0.5) is 0 Å². The summed E-state index contributed by atoms with van der Waals surface area (Å²) in [6.45, 7) is 1.03. The summed E-state index contributed by atoms with van der Waals surface area (Å²) in [5, 5.41) is 68.9. The Morgan fingerprint density at radius 3 is 2.40 bits per heavy atom. The van der Waals surface area contributed by atoms with E-state index in [1.54, 1.807) is 6.92 Å². The number of hydrogen-bond donors (Lipinski definition) is 7. The molecule has 0 unspecified atom stereocenters. The van der Waals surface area contributed by atoms with Crippen molar-refractivity contribution in [3.63, 3.8) is 0 Å². The van der Waals surface area contributed by atoms with Gasteiger partial charge in [-0.1, -0.05) is 30.3 Å². The van der Waals surface area contributed by atoms with Gasteiger partial charge in [0.15, 0.2) is 29.4 Å². The normalized spacial score (nSPS) is 26.7. The molecule has 47 heavy (non-hydrogen) atoms. The zero-order valence-electron chi connectivity index (χ0n) is 25.6. The molecule has 13 nitrogen and oxygen atoms in total. The molecular formula is C34H35NO12. The van der Waals surface area contributed by atoms with Gasteiger partial charge in [-0.25, -0.2) is 0 Å². The fourth-order valence-electron chi connectivity index (χ4n) is 6.83. The van der Waals surface area contributed by atoms with Crippen molar-refractivity contribution in [1.82, 2.24) is 5.32 Å². The van der Waals surface area contributed by atoms with Crippen molar-refractivity contribution in [2.75, 3.05) is 13.7 Å². The quantitative estimate of drug-likeness (QED) is 0.135. The zero-order chi connectivity index (χ0) is 33.8. The monoisotopic (exact) mass is 649 g/mol. The van der Waals surface area contributed by atoms with Crippen molar-refractivity contribution < 1.29 is 59.2 Å². The number of aliphatic hydroxyl groups excluding tert-OH is 2. The van der Waals surface area contributed by atoms with Crippen LogP contribution in [0.2, 0.25) is 0 Å². The van der Waals surface area contributed by atoms with Crippen molar-refractivity contribution in [3.05, 3.63) is 81.4 Å². The molecule has 1 heterocycles. The van der Waals surface area contributed by atoms with Crippen LogP contribution < -0.4 is 10.1 Å². The summed E-state index contributed by atoms with van der Waals surface area (Å²) < 4.78 is 17.4. The van der Waals surface area contributed by atoms with Crippen molar-refractivity contribution in [1.29, 1.82) is 0 Å². The van der Waals surface area contributed by atoms with E-state index in [-0.39, 0.29) is 34.4 Å². The third kappa shape index (κ3) is 5.44. The Bertz CT molecular complexity index is 1760.